The number of fused-ring (bicyclic) bond motifs is 5. The zero-order valence-corrected chi connectivity index (χ0v) is 13.2. The predicted octanol–water partition coefficient (Wildman–Crippen LogP) is 3.64. The van der Waals surface area contributed by atoms with Crippen molar-refractivity contribution >= 4 is 5.78 Å². The van der Waals surface area contributed by atoms with Gasteiger partial charge in [-0.2, -0.15) is 5.26 Å². The summed E-state index contributed by atoms with van der Waals surface area (Å²) in [7, 11) is 0. The summed E-state index contributed by atoms with van der Waals surface area (Å²) < 4.78 is 14.1. The SMILES string of the molecule is C[C@]12CCC3c4cc(C#N)c(O)cc4CCC3C1C[C@H](F)C2=O. The van der Waals surface area contributed by atoms with Crippen LogP contribution in [0.1, 0.15) is 55.2 Å². The van der Waals surface area contributed by atoms with E-state index in [4.69, 9.17) is 0 Å². The van der Waals surface area contributed by atoms with Gasteiger partial charge in [0, 0.05) is 5.41 Å². The van der Waals surface area contributed by atoms with Gasteiger partial charge in [0.2, 0.25) is 0 Å². The van der Waals surface area contributed by atoms with Crippen LogP contribution in [0.15, 0.2) is 12.1 Å². The van der Waals surface area contributed by atoms with Crippen LogP contribution in [0.3, 0.4) is 0 Å². The van der Waals surface area contributed by atoms with Crippen LogP contribution in [0.25, 0.3) is 0 Å². The maximum absolute atomic E-state index is 14.1. The molecule has 4 rings (SSSR count). The Kier molecular flexibility index (Phi) is 3.07. The Bertz CT molecular complexity index is 738. The van der Waals surface area contributed by atoms with Crippen LogP contribution >= 0.6 is 0 Å². The molecule has 3 unspecified atom stereocenters. The molecule has 5 atom stereocenters. The number of hydrogen-bond donors (Lipinski definition) is 1. The van der Waals surface area contributed by atoms with E-state index in [9.17, 15) is 19.6 Å². The fourth-order valence-electron chi connectivity index (χ4n) is 5.45. The van der Waals surface area contributed by atoms with Crippen LogP contribution in [0.2, 0.25) is 0 Å². The number of nitriles is 1. The third kappa shape index (κ3) is 1.89. The van der Waals surface area contributed by atoms with Crippen LogP contribution in [0.4, 0.5) is 4.39 Å². The van der Waals surface area contributed by atoms with E-state index >= 15 is 0 Å². The van der Waals surface area contributed by atoms with E-state index in [1.54, 1.807) is 6.07 Å². The molecule has 0 spiro atoms. The lowest BCUT2D eigenvalue weighted by Gasteiger charge is -2.48. The van der Waals surface area contributed by atoms with E-state index in [1.165, 1.54) is 0 Å². The minimum absolute atomic E-state index is 0.0465. The van der Waals surface area contributed by atoms with E-state index < -0.39 is 11.6 Å². The first kappa shape index (κ1) is 14.7. The number of carbonyl (C=O) groups is 1. The molecule has 0 aliphatic heterocycles. The second-order valence-corrected chi connectivity index (χ2v) is 7.62. The molecule has 1 aromatic carbocycles. The Labute approximate surface area is 135 Å². The number of ketones is 1. The average Bonchev–Trinajstić information content (AvgIpc) is 2.77. The Morgan fingerprint density at radius 1 is 1.39 bits per heavy atom. The molecule has 0 bridgehead atoms. The lowest BCUT2D eigenvalue weighted by atomic mass is 9.55. The number of hydrogen-bond acceptors (Lipinski definition) is 3. The molecule has 120 valence electrons. The Balaban J connectivity index is 1.76. The monoisotopic (exact) mass is 313 g/mol. The van der Waals surface area contributed by atoms with Crippen LogP contribution in [-0.4, -0.2) is 17.1 Å². The quantitative estimate of drug-likeness (QED) is 0.795. The van der Waals surface area contributed by atoms with Crippen molar-refractivity contribution in [3.05, 3.63) is 28.8 Å². The number of alkyl halides is 1. The molecule has 3 aliphatic rings. The first-order valence-corrected chi connectivity index (χ1v) is 8.40. The molecule has 23 heavy (non-hydrogen) atoms. The van der Waals surface area contributed by atoms with Gasteiger partial charge in [-0.25, -0.2) is 4.39 Å². The largest absolute Gasteiger partial charge is 0.507 e. The van der Waals surface area contributed by atoms with Crippen LogP contribution in [-0.2, 0) is 11.2 Å². The minimum Gasteiger partial charge on any atom is -0.507 e. The van der Waals surface area contributed by atoms with Crippen LogP contribution in [0.5, 0.6) is 5.75 Å². The molecule has 0 heterocycles. The molecule has 2 fully saturated rings. The number of carbonyl (C=O) groups excluding carboxylic acids is 1. The molecule has 0 saturated heterocycles. The number of phenolic OH excluding ortho intramolecular Hbond substituents is 1. The van der Waals surface area contributed by atoms with E-state index in [0.717, 1.165) is 36.8 Å². The van der Waals surface area contributed by atoms with Crippen molar-refractivity contribution in [2.24, 2.45) is 17.3 Å². The molecule has 2 saturated carbocycles. The maximum atomic E-state index is 14.1. The van der Waals surface area contributed by atoms with Crippen LogP contribution < -0.4 is 0 Å². The lowest BCUT2D eigenvalue weighted by Crippen LogP contribution is -2.42. The van der Waals surface area contributed by atoms with Gasteiger partial charge in [0.1, 0.15) is 11.8 Å². The van der Waals surface area contributed by atoms with Crippen molar-refractivity contribution in [3.63, 3.8) is 0 Å². The van der Waals surface area contributed by atoms with Crippen molar-refractivity contribution in [1.29, 1.82) is 5.26 Å². The number of halogens is 1. The van der Waals surface area contributed by atoms with Gasteiger partial charge in [-0.3, -0.25) is 4.79 Å². The lowest BCUT2D eigenvalue weighted by molar-refractivity contribution is -0.132. The fourth-order valence-corrected chi connectivity index (χ4v) is 5.45. The highest BCUT2D eigenvalue weighted by Crippen LogP contribution is 2.60. The zero-order chi connectivity index (χ0) is 16.4. The number of phenols is 1. The van der Waals surface area contributed by atoms with E-state index in [-0.39, 0.29) is 23.4 Å². The predicted molar refractivity (Wildman–Crippen MR) is 82.7 cm³/mol. The fraction of sp³-hybridized carbons (Fsp3) is 0.579. The minimum atomic E-state index is -1.31. The van der Waals surface area contributed by atoms with Gasteiger partial charge >= 0.3 is 0 Å². The topological polar surface area (TPSA) is 61.1 Å². The molecule has 1 aromatic rings. The molecule has 1 N–H and O–H groups in total. The van der Waals surface area contributed by atoms with Gasteiger partial charge in [0.05, 0.1) is 5.56 Å². The van der Waals surface area contributed by atoms with Crippen molar-refractivity contribution in [2.45, 2.75) is 51.1 Å². The maximum Gasteiger partial charge on any atom is 0.173 e. The first-order valence-electron chi connectivity index (χ1n) is 8.40. The number of Topliss-reactive ketones (excluding diaryl/α,β-unsaturated/α-hetero) is 1. The van der Waals surface area contributed by atoms with Crippen molar-refractivity contribution in [1.82, 2.24) is 0 Å². The molecule has 3 aliphatic carbocycles. The number of aromatic hydroxyl groups is 1. The smallest absolute Gasteiger partial charge is 0.173 e. The summed E-state index contributed by atoms with van der Waals surface area (Å²) in [4.78, 5) is 12.3. The van der Waals surface area contributed by atoms with Crippen molar-refractivity contribution in [2.75, 3.05) is 0 Å². The summed E-state index contributed by atoms with van der Waals surface area (Å²) in [6.45, 7) is 1.95. The first-order chi connectivity index (χ1) is 11.0. The second kappa shape index (κ2) is 4.80. The molecular weight excluding hydrogens is 293 g/mol. The highest BCUT2D eigenvalue weighted by molar-refractivity contribution is 5.91. The summed E-state index contributed by atoms with van der Waals surface area (Å²) >= 11 is 0. The van der Waals surface area contributed by atoms with Gasteiger partial charge in [0.15, 0.2) is 12.0 Å². The van der Waals surface area contributed by atoms with E-state index in [0.29, 0.717) is 17.9 Å². The third-order valence-corrected chi connectivity index (χ3v) is 6.66. The second-order valence-electron chi connectivity index (χ2n) is 7.62. The van der Waals surface area contributed by atoms with Gasteiger partial charge in [-0.05, 0) is 73.1 Å². The van der Waals surface area contributed by atoms with Crippen LogP contribution in [0, 0.1) is 28.6 Å². The van der Waals surface area contributed by atoms with Gasteiger partial charge in [0.25, 0.3) is 0 Å². The summed E-state index contributed by atoms with van der Waals surface area (Å²) in [6, 6.07) is 5.58. The number of benzene rings is 1. The highest BCUT2D eigenvalue weighted by Gasteiger charge is 2.58. The summed E-state index contributed by atoms with van der Waals surface area (Å²) in [5.41, 5.74) is 2.04. The highest BCUT2D eigenvalue weighted by atomic mass is 19.1. The Hall–Kier alpha value is -1.89. The number of aryl methyl sites for hydroxylation is 1. The van der Waals surface area contributed by atoms with Crippen molar-refractivity contribution in [3.8, 4) is 11.8 Å². The molecule has 3 nitrogen and oxygen atoms in total. The van der Waals surface area contributed by atoms with Gasteiger partial charge in [-0.15, -0.1) is 0 Å². The molecular formula is C19H20FNO2. The van der Waals surface area contributed by atoms with E-state index in [2.05, 4.69) is 0 Å². The molecule has 4 heteroatoms. The Morgan fingerprint density at radius 3 is 2.91 bits per heavy atom. The Morgan fingerprint density at radius 2 is 2.17 bits per heavy atom. The van der Waals surface area contributed by atoms with Gasteiger partial charge in [-0.1, -0.05) is 6.92 Å². The average molecular weight is 313 g/mol. The number of nitrogens with zero attached hydrogens (tertiary/aromatic N) is 1. The van der Waals surface area contributed by atoms with E-state index in [1.807, 2.05) is 19.1 Å². The zero-order valence-electron chi connectivity index (χ0n) is 13.2. The summed E-state index contributed by atoms with van der Waals surface area (Å²) in [6.07, 6.45) is 2.39. The molecule has 0 amide bonds. The van der Waals surface area contributed by atoms with Gasteiger partial charge < -0.3 is 5.11 Å². The summed E-state index contributed by atoms with van der Waals surface area (Å²) in [5, 5.41) is 19.1. The van der Waals surface area contributed by atoms with Crippen molar-refractivity contribution < 1.29 is 14.3 Å². The standard InChI is InChI=1S/C19H20FNO2/c1-19-5-4-12-13(15(19)8-16(20)18(19)23)3-2-10-7-17(22)11(9-21)6-14(10)12/h6-7,12-13,15-16,22H,2-5,8H2,1H3/t12?,13?,15?,16-,19-/m0/s1. The summed E-state index contributed by atoms with van der Waals surface area (Å²) in [5.74, 6) is 0.543. The molecule has 0 aromatic heterocycles. The third-order valence-electron chi connectivity index (χ3n) is 6.66. The molecule has 0 radical (unpaired) electrons. The normalized spacial score (nSPS) is 38.4. The number of rotatable bonds is 0.